The van der Waals surface area contributed by atoms with Crippen LogP contribution in [-0.4, -0.2) is 23.9 Å². The number of hydrogen-bond donors (Lipinski definition) is 2. The molecule has 0 saturated heterocycles. The van der Waals surface area contributed by atoms with Crippen molar-refractivity contribution in [3.05, 3.63) is 101 Å². The molecule has 0 radical (unpaired) electrons. The highest BCUT2D eigenvalue weighted by Gasteiger charge is 2.29. The Morgan fingerprint density at radius 3 is 1.09 bits per heavy atom. The lowest BCUT2D eigenvalue weighted by Crippen LogP contribution is -2.53. The number of benzene rings is 2. The molecule has 1 heterocycles. The first-order valence-electron chi connectivity index (χ1n) is 15.0. The summed E-state index contributed by atoms with van der Waals surface area (Å²) < 4.78 is 2.88. The van der Waals surface area contributed by atoms with E-state index in [1.54, 1.807) is 0 Å². The van der Waals surface area contributed by atoms with Crippen LogP contribution < -0.4 is 17.1 Å². The van der Waals surface area contributed by atoms with Gasteiger partial charge in [0.05, 0.1) is 19.3 Å². The summed E-state index contributed by atoms with van der Waals surface area (Å²) in [5.41, 5.74) is 2.52. The van der Waals surface area contributed by atoms with Crippen molar-refractivity contribution < 1.29 is 10.2 Å². The molecular formula is C36H49N3O5. The summed E-state index contributed by atoms with van der Waals surface area (Å²) >= 11 is 0. The van der Waals surface area contributed by atoms with Gasteiger partial charge in [0.25, 0.3) is 0 Å². The lowest BCUT2D eigenvalue weighted by molar-refractivity contribution is 0.421. The first-order valence-corrected chi connectivity index (χ1v) is 15.0. The van der Waals surface area contributed by atoms with Gasteiger partial charge in [0, 0.05) is 0 Å². The zero-order valence-corrected chi connectivity index (χ0v) is 28.5. The number of nitrogens with zero attached hydrogens (tertiary/aromatic N) is 3. The number of aromatic nitrogens is 3. The van der Waals surface area contributed by atoms with E-state index in [1.165, 1.54) is 0 Å². The topological polar surface area (TPSA) is 106 Å². The van der Waals surface area contributed by atoms with Gasteiger partial charge in [0.15, 0.2) is 0 Å². The summed E-state index contributed by atoms with van der Waals surface area (Å²) in [5.74, 6) is 0.379. The zero-order valence-electron chi connectivity index (χ0n) is 28.5. The maximum atomic E-state index is 14.0. The average molecular weight is 604 g/mol. The van der Waals surface area contributed by atoms with Crippen LogP contribution in [-0.2, 0) is 34.7 Å². The molecule has 3 rings (SSSR count). The van der Waals surface area contributed by atoms with E-state index >= 15 is 0 Å². The number of phenols is 2. The molecule has 0 amide bonds. The third kappa shape index (κ3) is 6.86. The van der Waals surface area contributed by atoms with Crippen molar-refractivity contribution in [1.82, 2.24) is 13.7 Å². The van der Waals surface area contributed by atoms with Gasteiger partial charge < -0.3 is 10.2 Å². The molecule has 1 aromatic heterocycles. The van der Waals surface area contributed by atoms with Gasteiger partial charge in [-0.25, -0.2) is 28.1 Å². The van der Waals surface area contributed by atoms with E-state index in [1.807, 2.05) is 107 Å². The van der Waals surface area contributed by atoms with E-state index in [2.05, 4.69) is 12.3 Å². The molecule has 2 aromatic carbocycles. The van der Waals surface area contributed by atoms with Gasteiger partial charge in [-0.3, -0.25) is 0 Å². The van der Waals surface area contributed by atoms with Crippen molar-refractivity contribution in [1.29, 1.82) is 0 Å². The Labute approximate surface area is 260 Å². The van der Waals surface area contributed by atoms with Crippen LogP contribution in [0.4, 0.5) is 0 Å². The van der Waals surface area contributed by atoms with Crippen LogP contribution in [0.3, 0.4) is 0 Å². The Bertz CT molecular complexity index is 1630. The Kier molecular flexibility index (Phi) is 8.99. The lowest BCUT2D eigenvalue weighted by atomic mass is 9.78. The van der Waals surface area contributed by atoms with E-state index < -0.39 is 38.7 Å². The predicted molar refractivity (Wildman–Crippen MR) is 178 cm³/mol. The van der Waals surface area contributed by atoms with Crippen molar-refractivity contribution in [2.75, 3.05) is 0 Å². The highest BCUT2D eigenvalue weighted by atomic mass is 16.3. The molecule has 0 aliphatic rings. The molecule has 0 aliphatic carbocycles. The second kappa shape index (κ2) is 11.5. The molecule has 0 bridgehead atoms. The third-order valence-corrected chi connectivity index (χ3v) is 7.81. The van der Waals surface area contributed by atoms with E-state index in [-0.39, 0.29) is 24.6 Å². The van der Waals surface area contributed by atoms with Gasteiger partial charge in [-0.1, -0.05) is 89.7 Å². The van der Waals surface area contributed by atoms with Gasteiger partial charge in [0.2, 0.25) is 0 Å². The summed E-state index contributed by atoms with van der Waals surface area (Å²) in [6, 6.07) is 7.24. The van der Waals surface area contributed by atoms with Gasteiger partial charge >= 0.3 is 17.1 Å². The lowest BCUT2D eigenvalue weighted by Gasteiger charge is -2.28. The van der Waals surface area contributed by atoms with Crippen LogP contribution in [0.15, 0.2) is 51.0 Å². The molecule has 0 spiro atoms. The van der Waals surface area contributed by atoms with Gasteiger partial charge in [-0.15, -0.1) is 5.73 Å². The number of phenolic OH excluding ortho intramolecular Hbond substituents is 2. The third-order valence-electron chi connectivity index (χ3n) is 7.81. The molecule has 0 aliphatic heterocycles. The minimum atomic E-state index is -0.813. The Morgan fingerprint density at radius 2 is 0.864 bits per heavy atom. The fraction of sp³-hybridized carbons (Fsp3) is 0.500. The van der Waals surface area contributed by atoms with Crippen LogP contribution in [0.1, 0.15) is 116 Å². The maximum absolute atomic E-state index is 14.0. The molecule has 0 fully saturated rings. The zero-order chi connectivity index (χ0) is 33.7. The summed E-state index contributed by atoms with van der Waals surface area (Å²) in [6.07, 6.45) is 1.13. The van der Waals surface area contributed by atoms with Crippen molar-refractivity contribution in [3.8, 4) is 11.5 Å². The molecule has 44 heavy (non-hydrogen) atoms. The largest absolute Gasteiger partial charge is 0.507 e. The Hall–Kier alpha value is -4.03. The highest BCUT2D eigenvalue weighted by Crippen LogP contribution is 2.41. The molecule has 238 valence electrons. The molecule has 0 atom stereocenters. The average Bonchev–Trinajstić information content (AvgIpc) is 2.85. The predicted octanol–water partition coefficient (Wildman–Crippen LogP) is 6.13. The van der Waals surface area contributed by atoms with Crippen LogP contribution >= 0.6 is 0 Å². The second-order valence-electron chi connectivity index (χ2n) is 15.8. The van der Waals surface area contributed by atoms with E-state index in [0.717, 1.165) is 19.9 Å². The van der Waals surface area contributed by atoms with Crippen molar-refractivity contribution in [2.24, 2.45) is 0 Å². The SMILES string of the molecule is C=C=Cn1c(=O)n(Cc2cc(C(C)(C)C)c(O)c(C(C)(C)C)c2)c(=O)n(Cc2cc(C(C)(C)C)c(O)c(C(C)(C)C)c2)c1=O. The minimum Gasteiger partial charge on any atom is -0.507 e. The summed E-state index contributed by atoms with van der Waals surface area (Å²) in [5, 5.41) is 22.4. The number of rotatable bonds is 5. The Balaban J connectivity index is 2.35. The van der Waals surface area contributed by atoms with Crippen LogP contribution in [0.5, 0.6) is 11.5 Å². The minimum absolute atomic E-state index is 0.120. The molecule has 8 heteroatoms. The van der Waals surface area contributed by atoms with Crippen molar-refractivity contribution in [3.63, 3.8) is 0 Å². The van der Waals surface area contributed by atoms with E-state index in [9.17, 15) is 24.6 Å². The fourth-order valence-electron chi connectivity index (χ4n) is 5.35. The van der Waals surface area contributed by atoms with Gasteiger partial charge in [-0.05, 0) is 79.3 Å². The molecular weight excluding hydrogens is 554 g/mol. The Morgan fingerprint density at radius 1 is 0.591 bits per heavy atom. The second-order valence-corrected chi connectivity index (χ2v) is 15.8. The van der Waals surface area contributed by atoms with Crippen LogP contribution in [0.25, 0.3) is 6.20 Å². The van der Waals surface area contributed by atoms with E-state index in [0.29, 0.717) is 33.4 Å². The summed E-state index contributed by atoms with van der Waals surface area (Å²) in [6.45, 7) is 27.1. The van der Waals surface area contributed by atoms with Gasteiger partial charge in [-0.2, -0.15) is 0 Å². The van der Waals surface area contributed by atoms with E-state index in [4.69, 9.17) is 0 Å². The number of aromatic hydroxyl groups is 2. The molecule has 0 unspecified atom stereocenters. The smallest absolute Gasteiger partial charge is 0.341 e. The van der Waals surface area contributed by atoms with Crippen molar-refractivity contribution in [2.45, 2.75) is 118 Å². The van der Waals surface area contributed by atoms with Crippen LogP contribution in [0.2, 0.25) is 0 Å². The maximum Gasteiger partial charge on any atom is 0.341 e. The number of hydrogen-bond acceptors (Lipinski definition) is 5. The molecule has 3 aromatic rings. The highest BCUT2D eigenvalue weighted by molar-refractivity contribution is 5.51. The van der Waals surface area contributed by atoms with Crippen LogP contribution in [0, 0.1) is 0 Å². The first kappa shape index (κ1) is 34.5. The standard InChI is InChI=1S/C36H49N3O5/c1-14-15-37-30(42)38(20-22-16-24(33(2,3)4)28(40)25(17-22)34(5,6)7)32(44)39(31(37)43)21-23-18-26(35(8,9)10)29(41)27(19-23)36(11,12)13/h15-19,40-41H,1,20-21H2,2-13H3. The fourth-order valence-corrected chi connectivity index (χ4v) is 5.35. The summed E-state index contributed by atoms with van der Waals surface area (Å²) in [4.78, 5) is 41.2. The molecule has 8 nitrogen and oxygen atoms in total. The van der Waals surface area contributed by atoms with Gasteiger partial charge in [0.1, 0.15) is 11.5 Å². The quantitative estimate of drug-likeness (QED) is 0.342. The van der Waals surface area contributed by atoms with Crippen molar-refractivity contribution >= 4 is 6.20 Å². The molecule has 0 saturated carbocycles. The monoisotopic (exact) mass is 603 g/mol. The molecule has 2 N–H and O–H groups in total. The summed E-state index contributed by atoms with van der Waals surface area (Å²) in [7, 11) is 0. The first-order chi connectivity index (χ1) is 19.9. The normalized spacial score (nSPS) is 12.7.